The number of hydrogen-bond acceptors (Lipinski definition) is 3. The van der Waals surface area contributed by atoms with Crippen LogP contribution in [0.5, 0.6) is 0 Å². The van der Waals surface area contributed by atoms with Gasteiger partial charge in [0.2, 0.25) is 0 Å². The molecule has 1 aromatic heterocycles. The van der Waals surface area contributed by atoms with Gasteiger partial charge in [-0.1, -0.05) is 6.92 Å². The molecule has 0 spiro atoms. The van der Waals surface area contributed by atoms with Crippen LogP contribution in [0.4, 0.5) is 0 Å². The first-order chi connectivity index (χ1) is 6.77. The van der Waals surface area contributed by atoms with Crippen molar-refractivity contribution in [2.45, 2.75) is 33.4 Å². The minimum Gasteiger partial charge on any atom is -0.380 e. The van der Waals surface area contributed by atoms with Gasteiger partial charge in [-0.2, -0.15) is 5.10 Å². The van der Waals surface area contributed by atoms with Crippen molar-refractivity contribution in [3.63, 3.8) is 0 Å². The zero-order valence-corrected chi connectivity index (χ0v) is 8.99. The average Bonchev–Trinajstić information content (AvgIpc) is 2.54. The minimum absolute atomic E-state index is 0.557. The van der Waals surface area contributed by atoms with Crippen molar-refractivity contribution in [2.75, 3.05) is 13.2 Å². The molecule has 1 aromatic rings. The van der Waals surface area contributed by atoms with Crippen LogP contribution in [0.1, 0.15) is 24.6 Å². The van der Waals surface area contributed by atoms with Crippen molar-refractivity contribution >= 4 is 0 Å². The van der Waals surface area contributed by atoms with Crippen LogP contribution in [0.15, 0.2) is 6.20 Å². The van der Waals surface area contributed by atoms with Gasteiger partial charge >= 0.3 is 0 Å². The molecule has 0 saturated carbocycles. The highest BCUT2D eigenvalue weighted by Gasteiger charge is 2.01. The van der Waals surface area contributed by atoms with Crippen molar-refractivity contribution in [2.24, 2.45) is 5.73 Å². The van der Waals surface area contributed by atoms with E-state index in [1.807, 2.05) is 17.8 Å². The highest BCUT2D eigenvalue weighted by Crippen LogP contribution is 2.03. The number of ether oxygens (including phenoxy) is 1. The Morgan fingerprint density at radius 1 is 1.50 bits per heavy atom. The summed E-state index contributed by atoms with van der Waals surface area (Å²) in [6.45, 7) is 6.99. The molecule has 0 atom stereocenters. The summed E-state index contributed by atoms with van der Waals surface area (Å²) < 4.78 is 7.27. The first-order valence-electron chi connectivity index (χ1n) is 5.08. The molecular weight excluding hydrogens is 178 g/mol. The molecule has 0 radical (unpaired) electrons. The molecule has 14 heavy (non-hydrogen) atoms. The van der Waals surface area contributed by atoms with Crippen molar-refractivity contribution < 1.29 is 4.74 Å². The molecule has 0 aliphatic carbocycles. The van der Waals surface area contributed by atoms with Crippen molar-refractivity contribution in [3.05, 3.63) is 17.5 Å². The van der Waals surface area contributed by atoms with Gasteiger partial charge < -0.3 is 10.5 Å². The van der Waals surface area contributed by atoms with Crippen molar-refractivity contribution in [1.82, 2.24) is 9.78 Å². The summed E-state index contributed by atoms with van der Waals surface area (Å²) in [5.41, 5.74) is 7.68. The summed E-state index contributed by atoms with van der Waals surface area (Å²) in [5.74, 6) is 0. The molecule has 0 aromatic carbocycles. The number of aryl methyl sites for hydroxylation is 1. The second kappa shape index (κ2) is 5.78. The SMILES string of the molecule is CCCOCCn1cc(CN)c(C)n1. The monoisotopic (exact) mass is 197 g/mol. The molecule has 1 rings (SSSR count). The van der Waals surface area contributed by atoms with Crippen LogP contribution in [0.2, 0.25) is 0 Å². The van der Waals surface area contributed by atoms with Gasteiger partial charge in [-0.05, 0) is 13.3 Å². The minimum atomic E-state index is 0.557. The molecule has 2 N–H and O–H groups in total. The van der Waals surface area contributed by atoms with E-state index >= 15 is 0 Å². The topological polar surface area (TPSA) is 53.1 Å². The molecule has 4 nitrogen and oxygen atoms in total. The number of rotatable bonds is 6. The van der Waals surface area contributed by atoms with E-state index in [0.29, 0.717) is 6.54 Å². The Morgan fingerprint density at radius 3 is 2.86 bits per heavy atom. The second-order valence-corrected chi connectivity index (χ2v) is 3.32. The van der Waals surface area contributed by atoms with E-state index < -0.39 is 0 Å². The molecule has 0 saturated heterocycles. The van der Waals surface area contributed by atoms with Crippen LogP contribution in [0, 0.1) is 6.92 Å². The number of aromatic nitrogens is 2. The predicted octanol–water partition coefficient (Wildman–Crippen LogP) is 1.08. The Morgan fingerprint density at radius 2 is 2.29 bits per heavy atom. The van der Waals surface area contributed by atoms with Gasteiger partial charge in [0.15, 0.2) is 0 Å². The lowest BCUT2D eigenvalue weighted by atomic mass is 10.3. The third-order valence-electron chi connectivity index (χ3n) is 2.08. The van der Waals surface area contributed by atoms with Crippen molar-refractivity contribution in [1.29, 1.82) is 0 Å². The van der Waals surface area contributed by atoms with E-state index in [1.165, 1.54) is 0 Å². The normalized spacial score (nSPS) is 10.8. The van der Waals surface area contributed by atoms with Crippen LogP contribution >= 0.6 is 0 Å². The van der Waals surface area contributed by atoms with Gasteiger partial charge in [-0.15, -0.1) is 0 Å². The molecule has 0 fully saturated rings. The first kappa shape index (κ1) is 11.2. The van der Waals surface area contributed by atoms with Gasteiger partial charge in [-0.25, -0.2) is 0 Å². The third-order valence-corrected chi connectivity index (χ3v) is 2.08. The fourth-order valence-corrected chi connectivity index (χ4v) is 1.28. The van der Waals surface area contributed by atoms with Gasteiger partial charge in [-0.3, -0.25) is 4.68 Å². The van der Waals surface area contributed by atoms with Crippen LogP contribution < -0.4 is 5.73 Å². The van der Waals surface area contributed by atoms with Crippen LogP contribution in [0.25, 0.3) is 0 Å². The lowest BCUT2D eigenvalue weighted by Gasteiger charge is -2.02. The number of nitrogens with two attached hydrogens (primary N) is 1. The summed E-state index contributed by atoms with van der Waals surface area (Å²) in [4.78, 5) is 0. The molecule has 0 aliphatic heterocycles. The standard InChI is InChI=1S/C10H19N3O/c1-3-5-14-6-4-13-8-10(7-11)9(2)12-13/h8H,3-7,11H2,1-2H3. The predicted molar refractivity (Wildman–Crippen MR) is 56.0 cm³/mol. The lowest BCUT2D eigenvalue weighted by molar-refractivity contribution is 0.124. The van der Waals surface area contributed by atoms with Gasteiger partial charge in [0.05, 0.1) is 18.8 Å². The summed E-state index contributed by atoms with van der Waals surface area (Å²) in [6, 6.07) is 0. The Hall–Kier alpha value is -0.870. The van der Waals surface area contributed by atoms with E-state index in [4.69, 9.17) is 10.5 Å². The van der Waals surface area contributed by atoms with Crippen LogP contribution in [-0.2, 0) is 17.8 Å². The zero-order chi connectivity index (χ0) is 10.4. The Bertz CT molecular complexity index is 270. The number of nitrogens with zero attached hydrogens (tertiary/aromatic N) is 2. The molecule has 0 unspecified atom stereocenters. The highest BCUT2D eigenvalue weighted by molar-refractivity contribution is 5.14. The Balaban J connectivity index is 2.35. The molecule has 0 aliphatic rings. The molecule has 4 heteroatoms. The van der Waals surface area contributed by atoms with Gasteiger partial charge in [0.1, 0.15) is 0 Å². The molecular formula is C10H19N3O. The van der Waals surface area contributed by atoms with E-state index in [2.05, 4.69) is 12.0 Å². The van der Waals surface area contributed by atoms with Crippen LogP contribution in [-0.4, -0.2) is 23.0 Å². The fourth-order valence-electron chi connectivity index (χ4n) is 1.28. The fraction of sp³-hybridized carbons (Fsp3) is 0.700. The summed E-state index contributed by atoms with van der Waals surface area (Å²) in [6.07, 6.45) is 3.05. The second-order valence-electron chi connectivity index (χ2n) is 3.32. The quantitative estimate of drug-likeness (QED) is 0.694. The number of hydrogen-bond donors (Lipinski definition) is 1. The molecule has 0 amide bonds. The van der Waals surface area contributed by atoms with Crippen molar-refractivity contribution in [3.8, 4) is 0 Å². The van der Waals surface area contributed by atoms with E-state index in [0.717, 1.165) is 37.4 Å². The Kier molecular flexibility index (Phi) is 4.62. The molecule has 1 heterocycles. The molecule has 0 bridgehead atoms. The maximum Gasteiger partial charge on any atom is 0.0662 e. The lowest BCUT2D eigenvalue weighted by Crippen LogP contribution is -2.07. The van der Waals surface area contributed by atoms with Gasteiger partial charge in [0, 0.05) is 24.9 Å². The van der Waals surface area contributed by atoms with Gasteiger partial charge in [0.25, 0.3) is 0 Å². The third kappa shape index (κ3) is 3.12. The first-order valence-corrected chi connectivity index (χ1v) is 5.08. The summed E-state index contributed by atoms with van der Waals surface area (Å²) >= 11 is 0. The zero-order valence-electron chi connectivity index (χ0n) is 8.99. The largest absolute Gasteiger partial charge is 0.380 e. The smallest absolute Gasteiger partial charge is 0.0662 e. The molecule has 80 valence electrons. The maximum atomic E-state index is 5.56. The van der Waals surface area contributed by atoms with E-state index in [1.54, 1.807) is 0 Å². The summed E-state index contributed by atoms with van der Waals surface area (Å²) in [7, 11) is 0. The van der Waals surface area contributed by atoms with E-state index in [9.17, 15) is 0 Å². The average molecular weight is 197 g/mol. The summed E-state index contributed by atoms with van der Waals surface area (Å²) in [5, 5.41) is 4.34. The maximum absolute atomic E-state index is 5.56. The Labute approximate surface area is 85.0 Å². The highest BCUT2D eigenvalue weighted by atomic mass is 16.5. The van der Waals surface area contributed by atoms with Crippen LogP contribution in [0.3, 0.4) is 0 Å². The van der Waals surface area contributed by atoms with E-state index in [-0.39, 0.29) is 0 Å².